The Labute approximate surface area is 123 Å². The van der Waals surface area contributed by atoms with E-state index in [1.54, 1.807) is 11.3 Å². The van der Waals surface area contributed by atoms with Crippen molar-refractivity contribution in [2.45, 2.75) is 38.5 Å². The maximum atomic E-state index is 12.1. The average molecular weight is 288 g/mol. The van der Waals surface area contributed by atoms with Gasteiger partial charge in [0.2, 0.25) is 5.91 Å². The number of thiazole rings is 1. The summed E-state index contributed by atoms with van der Waals surface area (Å²) in [6.45, 7) is 1.92. The number of hydrogen-bond acceptors (Lipinski definition) is 3. The molecule has 20 heavy (non-hydrogen) atoms. The van der Waals surface area contributed by atoms with E-state index in [0.29, 0.717) is 12.3 Å². The molecule has 0 saturated carbocycles. The molecule has 4 heteroatoms. The lowest BCUT2D eigenvalue weighted by molar-refractivity contribution is -0.132. The Morgan fingerprint density at radius 1 is 1.20 bits per heavy atom. The van der Waals surface area contributed by atoms with E-state index in [0.717, 1.165) is 36.5 Å². The van der Waals surface area contributed by atoms with Crippen molar-refractivity contribution in [3.05, 3.63) is 29.3 Å². The van der Waals surface area contributed by atoms with E-state index in [9.17, 15) is 4.79 Å². The summed E-state index contributed by atoms with van der Waals surface area (Å²) in [7, 11) is 0. The third-order valence-corrected chi connectivity index (χ3v) is 4.92. The molecule has 3 nitrogen and oxygen atoms in total. The van der Waals surface area contributed by atoms with Crippen LogP contribution in [-0.2, 0) is 11.2 Å². The number of rotatable bonds is 4. The van der Waals surface area contributed by atoms with Crippen LogP contribution in [0.4, 0.5) is 0 Å². The zero-order chi connectivity index (χ0) is 13.8. The molecule has 1 fully saturated rings. The van der Waals surface area contributed by atoms with Gasteiger partial charge < -0.3 is 4.90 Å². The monoisotopic (exact) mass is 288 g/mol. The van der Waals surface area contributed by atoms with Crippen LogP contribution in [0.2, 0.25) is 0 Å². The molecule has 1 aromatic carbocycles. The average Bonchev–Trinajstić information content (AvgIpc) is 2.90. The van der Waals surface area contributed by atoms with Crippen molar-refractivity contribution in [3.8, 4) is 0 Å². The topological polar surface area (TPSA) is 33.2 Å². The molecule has 1 aromatic heterocycles. The molecule has 2 heterocycles. The van der Waals surface area contributed by atoms with Crippen LogP contribution in [0.3, 0.4) is 0 Å². The van der Waals surface area contributed by atoms with Crippen molar-refractivity contribution in [2.75, 3.05) is 13.1 Å². The summed E-state index contributed by atoms with van der Waals surface area (Å²) in [5.74, 6) is 0.325. The Morgan fingerprint density at radius 2 is 2.00 bits per heavy atom. The highest BCUT2D eigenvalue weighted by Gasteiger charge is 2.16. The van der Waals surface area contributed by atoms with Gasteiger partial charge in [-0.3, -0.25) is 4.79 Å². The molecule has 1 aliphatic heterocycles. The number of fused-ring (bicyclic) bond motifs is 1. The number of para-hydroxylation sites is 1. The largest absolute Gasteiger partial charge is 0.343 e. The summed E-state index contributed by atoms with van der Waals surface area (Å²) in [5.41, 5.74) is 1.08. The van der Waals surface area contributed by atoms with Crippen LogP contribution >= 0.6 is 11.3 Å². The Kier molecular flexibility index (Phi) is 4.31. The van der Waals surface area contributed by atoms with Crippen LogP contribution < -0.4 is 0 Å². The summed E-state index contributed by atoms with van der Waals surface area (Å²) < 4.78 is 1.24. The minimum atomic E-state index is 0.325. The Morgan fingerprint density at radius 3 is 2.80 bits per heavy atom. The SMILES string of the molecule is O=C(CCCc1nc2ccccc2s1)N1CCCCC1. The van der Waals surface area contributed by atoms with E-state index < -0.39 is 0 Å². The fraction of sp³-hybridized carbons (Fsp3) is 0.500. The molecule has 1 amide bonds. The van der Waals surface area contributed by atoms with Gasteiger partial charge in [-0.25, -0.2) is 4.98 Å². The fourth-order valence-corrected chi connectivity index (χ4v) is 3.73. The quantitative estimate of drug-likeness (QED) is 0.860. The Balaban J connectivity index is 1.50. The number of aromatic nitrogens is 1. The predicted octanol–water partition coefficient (Wildman–Crippen LogP) is 3.63. The molecule has 0 radical (unpaired) electrons. The van der Waals surface area contributed by atoms with Gasteiger partial charge in [0.05, 0.1) is 15.2 Å². The molecule has 0 aliphatic carbocycles. The number of hydrogen-bond donors (Lipinski definition) is 0. The number of aryl methyl sites for hydroxylation is 1. The third-order valence-electron chi connectivity index (χ3n) is 3.83. The number of piperidine rings is 1. The lowest BCUT2D eigenvalue weighted by Gasteiger charge is -2.26. The molecule has 0 spiro atoms. The summed E-state index contributed by atoms with van der Waals surface area (Å²) >= 11 is 1.75. The number of likely N-dealkylation sites (tertiary alicyclic amines) is 1. The van der Waals surface area contributed by atoms with Crippen LogP contribution in [0.25, 0.3) is 10.2 Å². The first-order chi connectivity index (χ1) is 9.83. The van der Waals surface area contributed by atoms with Crippen molar-refractivity contribution in [2.24, 2.45) is 0 Å². The fourth-order valence-electron chi connectivity index (χ4n) is 2.72. The van der Waals surface area contributed by atoms with Gasteiger partial charge in [-0.05, 0) is 44.2 Å². The van der Waals surface area contributed by atoms with E-state index in [1.807, 2.05) is 23.1 Å². The second-order valence-electron chi connectivity index (χ2n) is 5.37. The summed E-state index contributed by atoms with van der Waals surface area (Å²) in [6.07, 6.45) is 6.10. The third kappa shape index (κ3) is 3.18. The molecule has 0 atom stereocenters. The first kappa shape index (κ1) is 13.6. The summed E-state index contributed by atoms with van der Waals surface area (Å²) in [4.78, 5) is 18.7. The first-order valence-corrected chi connectivity index (χ1v) is 8.27. The number of carbonyl (C=O) groups is 1. The number of benzene rings is 1. The van der Waals surface area contributed by atoms with Crippen molar-refractivity contribution in [1.82, 2.24) is 9.88 Å². The normalized spacial score (nSPS) is 15.7. The standard InChI is InChI=1S/C16H20N2OS/c19-16(18-11-4-1-5-12-18)10-6-9-15-17-13-7-2-3-8-14(13)20-15/h2-3,7-8H,1,4-6,9-12H2. The lowest BCUT2D eigenvalue weighted by Crippen LogP contribution is -2.35. The van der Waals surface area contributed by atoms with Gasteiger partial charge in [0, 0.05) is 19.5 Å². The number of nitrogens with zero attached hydrogens (tertiary/aromatic N) is 2. The van der Waals surface area contributed by atoms with Crippen molar-refractivity contribution < 1.29 is 4.79 Å². The molecule has 0 unspecified atom stereocenters. The Bertz CT molecular complexity index is 554. The molecule has 3 rings (SSSR count). The van der Waals surface area contributed by atoms with Crippen molar-refractivity contribution >= 4 is 27.5 Å². The molecule has 1 aliphatic rings. The van der Waals surface area contributed by atoms with E-state index in [-0.39, 0.29) is 0 Å². The van der Waals surface area contributed by atoms with Gasteiger partial charge in [0.1, 0.15) is 0 Å². The Hall–Kier alpha value is -1.42. The van der Waals surface area contributed by atoms with Crippen molar-refractivity contribution in [1.29, 1.82) is 0 Å². The molecule has 0 N–H and O–H groups in total. The summed E-state index contributed by atoms with van der Waals surface area (Å²) in [6, 6.07) is 8.22. The number of carbonyl (C=O) groups excluding carboxylic acids is 1. The van der Waals surface area contributed by atoms with Gasteiger partial charge in [0.25, 0.3) is 0 Å². The smallest absolute Gasteiger partial charge is 0.222 e. The van der Waals surface area contributed by atoms with E-state index in [4.69, 9.17) is 0 Å². The van der Waals surface area contributed by atoms with E-state index in [1.165, 1.54) is 24.0 Å². The molecule has 106 valence electrons. The molecule has 0 bridgehead atoms. The molecule has 1 saturated heterocycles. The van der Waals surface area contributed by atoms with E-state index >= 15 is 0 Å². The highest BCUT2D eigenvalue weighted by atomic mass is 32.1. The second-order valence-corrected chi connectivity index (χ2v) is 6.49. The minimum Gasteiger partial charge on any atom is -0.343 e. The lowest BCUT2D eigenvalue weighted by atomic mass is 10.1. The maximum Gasteiger partial charge on any atom is 0.222 e. The van der Waals surface area contributed by atoms with Gasteiger partial charge in [-0.1, -0.05) is 12.1 Å². The zero-order valence-corrected chi connectivity index (χ0v) is 12.5. The van der Waals surface area contributed by atoms with Crippen molar-refractivity contribution in [3.63, 3.8) is 0 Å². The maximum absolute atomic E-state index is 12.1. The van der Waals surface area contributed by atoms with Gasteiger partial charge in [0.15, 0.2) is 0 Å². The predicted molar refractivity (Wildman–Crippen MR) is 83.0 cm³/mol. The highest BCUT2D eigenvalue weighted by Crippen LogP contribution is 2.23. The second kappa shape index (κ2) is 6.35. The van der Waals surface area contributed by atoms with Crippen LogP contribution in [0.1, 0.15) is 37.1 Å². The molecule has 2 aromatic rings. The highest BCUT2D eigenvalue weighted by molar-refractivity contribution is 7.18. The molecular weight excluding hydrogens is 268 g/mol. The first-order valence-electron chi connectivity index (χ1n) is 7.45. The van der Waals surface area contributed by atoms with Gasteiger partial charge >= 0.3 is 0 Å². The minimum absolute atomic E-state index is 0.325. The van der Waals surface area contributed by atoms with Crippen LogP contribution in [0.5, 0.6) is 0 Å². The number of amides is 1. The van der Waals surface area contributed by atoms with Crippen LogP contribution in [0.15, 0.2) is 24.3 Å². The summed E-state index contributed by atoms with van der Waals surface area (Å²) in [5, 5.41) is 1.15. The van der Waals surface area contributed by atoms with Crippen LogP contribution in [0, 0.1) is 0 Å². The zero-order valence-electron chi connectivity index (χ0n) is 11.7. The van der Waals surface area contributed by atoms with Crippen LogP contribution in [-0.4, -0.2) is 28.9 Å². The van der Waals surface area contributed by atoms with Gasteiger partial charge in [-0.15, -0.1) is 11.3 Å². The van der Waals surface area contributed by atoms with Gasteiger partial charge in [-0.2, -0.15) is 0 Å². The van der Waals surface area contributed by atoms with E-state index in [2.05, 4.69) is 11.1 Å². The molecular formula is C16H20N2OS.